The van der Waals surface area contributed by atoms with Gasteiger partial charge in [0.05, 0.1) is 19.6 Å². The molecule has 1 saturated heterocycles. The van der Waals surface area contributed by atoms with Gasteiger partial charge >= 0.3 is 11.9 Å². The maximum Gasteiger partial charge on any atom is 0.326 e. The number of para-hydroxylation sites is 1. The quantitative estimate of drug-likeness (QED) is 0.136. The van der Waals surface area contributed by atoms with Crippen LogP contribution in [-0.2, 0) is 30.3 Å². The molecule has 12 heteroatoms. The molecule has 2 amide bonds. The number of H-pyrrole nitrogens is 1. The first-order valence-electron chi connectivity index (χ1n) is 13.4. The minimum Gasteiger partial charge on any atom is -0.481 e. The number of unbranched alkanes of at least 4 members (excludes halogenated alkanes) is 4. The van der Waals surface area contributed by atoms with E-state index in [9.17, 15) is 34.6 Å². The zero-order valence-electron chi connectivity index (χ0n) is 22.1. The monoisotopic (exact) mass is 547 g/mol. The van der Waals surface area contributed by atoms with Crippen molar-refractivity contribution in [3.05, 3.63) is 36.0 Å². The third-order valence-electron chi connectivity index (χ3n) is 7.03. The summed E-state index contributed by atoms with van der Waals surface area (Å²) >= 11 is 0. The highest BCUT2D eigenvalue weighted by molar-refractivity contribution is 5.93. The van der Waals surface area contributed by atoms with Gasteiger partial charge in [-0.2, -0.15) is 4.65 Å². The first-order valence-corrected chi connectivity index (χ1v) is 13.4. The second-order valence-corrected chi connectivity index (χ2v) is 10.1. The van der Waals surface area contributed by atoms with E-state index in [4.69, 9.17) is 4.74 Å². The Morgan fingerprint density at radius 3 is 2.36 bits per heavy atom. The standard InChI is InChI=1S/C27H38N4O8/c32-24(10-4-2-1-3-7-11-31(38)12-14-39-15-13-31)29-22(17-25(33)34)26(35)30-23(27(36)37)16-19-18-28-21-9-6-5-8-20(19)21/h5-6,8-9,18,22-23,28,38H,1-4,7,10-17H2,(H3-,29,30,32,33,34,35,36,37)/p+1/t22-,23-/m0/s1. The summed E-state index contributed by atoms with van der Waals surface area (Å²) in [5, 5.41) is 35.0. The zero-order valence-corrected chi connectivity index (χ0v) is 22.1. The van der Waals surface area contributed by atoms with Crippen LogP contribution in [0, 0.1) is 0 Å². The van der Waals surface area contributed by atoms with Crippen LogP contribution >= 0.6 is 0 Å². The Kier molecular flexibility index (Phi) is 11.3. The van der Waals surface area contributed by atoms with Crippen LogP contribution in [0.2, 0.25) is 0 Å². The Balaban J connectivity index is 1.43. The van der Waals surface area contributed by atoms with Gasteiger partial charge in [-0.15, -0.1) is 0 Å². The predicted octanol–water partition coefficient (Wildman–Crippen LogP) is 1.82. The highest BCUT2D eigenvalue weighted by Gasteiger charge is 2.29. The van der Waals surface area contributed by atoms with Crippen molar-refractivity contribution in [3.63, 3.8) is 0 Å². The van der Waals surface area contributed by atoms with E-state index in [1.807, 2.05) is 24.3 Å². The van der Waals surface area contributed by atoms with Crippen LogP contribution in [0.1, 0.15) is 50.5 Å². The largest absolute Gasteiger partial charge is 0.481 e. The molecule has 6 N–H and O–H groups in total. The summed E-state index contributed by atoms with van der Waals surface area (Å²) in [4.78, 5) is 51.5. The third kappa shape index (κ3) is 9.65. The number of nitrogens with one attached hydrogen (secondary N) is 3. The predicted molar refractivity (Wildman–Crippen MR) is 141 cm³/mol. The number of morpholine rings is 1. The Morgan fingerprint density at radius 2 is 1.64 bits per heavy atom. The number of ether oxygens (including phenoxy) is 1. The number of quaternary nitrogens is 1. The Morgan fingerprint density at radius 1 is 0.949 bits per heavy atom. The molecular formula is C27H39N4O8+. The Labute approximate surface area is 226 Å². The first kappa shape index (κ1) is 30.1. The SMILES string of the molecule is O=C(O)C[C@H](NC(=O)CCCCCCC[N+]1(O)CCOCC1)C(=O)N[C@@H](Cc1c[nH]c2ccccc12)C(=O)O. The van der Waals surface area contributed by atoms with Crippen LogP contribution in [0.4, 0.5) is 0 Å². The van der Waals surface area contributed by atoms with Crippen LogP contribution in [0.5, 0.6) is 0 Å². The molecule has 2 aromatic rings. The minimum absolute atomic E-state index is 0.0110. The molecule has 3 rings (SSSR count). The molecule has 2 heterocycles. The molecule has 1 aromatic heterocycles. The zero-order chi connectivity index (χ0) is 28.3. The van der Waals surface area contributed by atoms with Gasteiger partial charge in [-0.05, 0) is 30.9 Å². The minimum atomic E-state index is -1.39. The number of nitrogens with zero attached hydrogens (tertiary/aromatic N) is 1. The van der Waals surface area contributed by atoms with Crippen LogP contribution in [0.15, 0.2) is 30.5 Å². The van der Waals surface area contributed by atoms with Crippen molar-refractivity contribution in [1.29, 1.82) is 0 Å². The summed E-state index contributed by atoms with van der Waals surface area (Å²) in [5.74, 6) is -3.88. The van der Waals surface area contributed by atoms with E-state index in [0.29, 0.717) is 44.8 Å². The lowest BCUT2D eigenvalue weighted by Gasteiger charge is -2.33. The Bertz CT molecular complexity index is 1130. The molecule has 214 valence electrons. The van der Waals surface area contributed by atoms with E-state index < -0.39 is 42.3 Å². The highest BCUT2D eigenvalue weighted by Crippen LogP contribution is 2.19. The molecule has 39 heavy (non-hydrogen) atoms. The highest BCUT2D eigenvalue weighted by atomic mass is 16.6. The molecule has 1 aromatic carbocycles. The number of rotatable bonds is 16. The molecule has 0 unspecified atom stereocenters. The molecule has 1 aliphatic heterocycles. The summed E-state index contributed by atoms with van der Waals surface area (Å²) in [6, 6.07) is 4.66. The Hall–Kier alpha value is -3.48. The number of aliphatic carboxylic acids is 2. The van der Waals surface area contributed by atoms with Gasteiger partial charge in [-0.1, -0.05) is 31.0 Å². The number of carboxylic acid groups (broad SMARTS) is 2. The molecule has 1 fully saturated rings. The van der Waals surface area contributed by atoms with Gasteiger partial charge in [0, 0.05) is 29.9 Å². The summed E-state index contributed by atoms with van der Waals surface area (Å²) in [6.45, 7) is 3.00. The molecule has 0 bridgehead atoms. The van der Waals surface area contributed by atoms with Crippen molar-refractivity contribution in [2.45, 2.75) is 63.5 Å². The second kappa shape index (κ2) is 14.6. The number of hydrogen-bond acceptors (Lipinski definition) is 6. The molecule has 0 spiro atoms. The maximum absolute atomic E-state index is 12.8. The average molecular weight is 548 g/mol. The van der Waals surface area contributed by atoms with E-state index in [0.717, 1.165) is 36.6 Å². The molecule has 12 nitrogen and oxygen atoms in total. The van der Waals surface area contributed by atoms with Gasteiger partial charge in [0.15, 0.2) is 0 Å². The van der Waals surface area contributed by atoms with Crippen molar-refractivity contribution >= 4 is 34.7 Å². The smallest absolute Gasteiger partial charge is 0.326 e. The lowest BCUT2D eigenvalue weighted by Crippen LogP contribution is -2.53. The molecule has 1 aliphatic rings. The van der Waals surface area contributed by atoms with Gasteiger partial charge in [-0.3, -0.25) is 14.4 Å². The summed E-state index contributed by atoms with van der Waals surface area (Å²) in [7, 11) is 0. The van der Waals surface area contributed by atoms with Crippen LogP contribution in [0.3, 0.4) is 0 Å². The lowest BCUT2D eigenvalue weighted by atomic mass is 10.0. The van der Waals surface area contributed by atoms with Crippen LogP contribution < -0.4 is 10.6 Å². The topological polar surface area (TPSA) is 178 Å². The fourth-order valence-corrected chi connectivity index (χ4v) is 4.77. The van der Waals surface area contributed by atoms with E-state index in [1.54, 1.807) is 6.20 Å². The van der Waals surface area contributed by atoms with Gasteiger partial charge in [-0.25, -0.2) is 10.0 Å². The van der Waals surface area contributed by atoms with Gasteiger partial charge in [0.25, 0.3) is 0 Å². The fourth-order valence-electron chi connectivity index (χ4n) is 4.77. The van der Waals surface area contributed by atoms with Crippen LogP contribution in [0.25, 0.3) is 10.9 Å². The number of carboxylic acids is 2. The number of carbonyl (C=O) groups excluding carboxylic acids is 2. The number of carbonyl (C=O) groups is 4. The van der Waals surface area contributed by atoms with E-state index >= 15 is 0 Å². The number of hydrogen-bond donors (Lipinski definition) is 6. The van der Waals surface area contributed by atoms with Gasteiger partial charge in [0.2, 0.25) is 11.8 Å². The third-order valence-corrected chi connectivity index (χ3v) is 7.03. The van der Waals surface area contributed by atoms with E-state index in [-0.39, 0.29) is 17.5 Å². The number of amides is 2. The number of hydroxylamine groups is 3. The van der Waals surface area contributed by atoms with Crippen molar-refractivity contribution in [1.82, 2.24) is 15.6 Å². The molecule has 0 radical (unpaired) electrons. The van der Waals surface area contributed by atoms with Crippen LogP contribution in [-0.4, -0.2) is 93.7 Å². The second-order valence-electron chi connectivity index (χ2n) is 10.1. The molecular weight excluding hydrogens is 508 g/mol. The lowest BCUT2D eigenvalue weighted by molar-refractivity contribution is -1.11. The summed E-state index contributed by atoms with van der Waals surface area (Å²) in [6.07, 6.45) is 5.14. The molecule has 0 saturated carbocycles. The van der Waals surface area contributed by atoms with Gasteiger partial charge < -0.3 is 30.6 Å². The average Bonchev–Trinajstić information content (AvgIpc) is 3.30. The first-order chi connectivity index (χ1) is 18.7. The number of fused-ring (bicyclic) bond motifs is 1. The molecule has 2 atom stereocenters. The number of aromatic amines is 1. The maximum atomic E-state index is 12.8. The summed E-state index contributed by atoms with van der Waals surface area (Å²) < 4.78 is 5.32. The van der Waals surface area contributed by atoms with Crippen molar-refractivity contribution in [3.8, 4) is 0 Å². The van der Waals surface area contributed by atoms with E-state index in [2.05, 4.69) is 15.6 Å². The summed E-state index contributed by atoms with van der Waals surface area (Å²) in [5.41, 5.74) is 1.52. The number of aromatic nitrogens is 1. The van der Waals surface area contributed by atoms with Crippen molar-refractivity contribution in [2.24, 2.45) is 0 Å². The normalized spacial score (nSPS) is 16.3. The van der Waals surface area contributed by atoms with Crippen molar-refractivity contribution < 1.29 is 44.0 Å². The number of benzene rings is 1. The fraction of sp³-hybridized carbons (Fsp3) is 0.556. The van der Waals surface area contributed by atoms with E-state index in [1.165, 1.54) is 0 Å². The van der Waals surface area contributed by atoms with Crippen molar-refractivity contribution in [2.75, 3.05) is 32.8 Å². The van der Waals surface area contributed by atoms with Gasteiger partial charge in [0.1, 0.15) is 31.7 Å². The molecule has 0 aliphatic carbocycles.